The summed E-state index contributed by atoms with van der Waals surface area (Å²) < 4.78 is 1.00. The van der Waals surface area contributed by atoms with Gasteiger partial charge in [-0.1, -0.05) is 18.2 Å². The van der Waals surface area contributed by atoms with Crippen LogP contribution >= 0.6 is 11.3 Å². The van der Waals surface area contributed by atoms with Crippen LogP contribution in [-0.4, -0.2) is 11.1 Å². The number of thiophene rings is 1. The zero-order valence-electron chi connectivity index (χ0n) is 10.5. The van der Waals surface area contributed by atoms with Crippen LogP contribution in [0.15, 0.2) is 54.6 Å². The molecule has 2 aromatic carbocycles. The van der Waals surface area contributed by atoms with Gasteiger partial charge in [0.05, 0.1) is 4.88 Å². The molecule has 5 heteroatoms. The maximum absolute atomic E-state index is 11.4. The molecule has 3 aromatic rings. The van der Waals surface area contributed by atoms with Crippen LogP contribution < -0.4 is 10.8 Å². The highest BCUT2D eigenvalue weighted by molar-refractivity contribution is 7.20. The average molecular weight is 284 g/mol. The lowest BCUT2D eigenvalue weighted by atomic mass is 10.2. The molecule has 0 radical (unpaired) electrons. The average Bonchev–Trinajstić information content (AvgIpc) is 2.90. The molecule has 0 saturated heterocycles. The normalized spacial score (nSPS) is 10.4. The maximum Gasteiger partial charge on any atom is 0.284 e. The van der Waals surface area contributed by atoms with Gasteiger partial charge in [-0.3, -0.25) is 10.0 Å². The highest BCUT2D eigenvalue weighted by Gasteiger charge is 2.09. The lowest BCUT2D eigenvalue weighted by molar-refractivity contribution is 0.0711. The van der Waals surface area contributed by atoms with Crippen molar-refractivity contribution in [3.05, 3.63) is 59.5 Å². The zero-order chi connectivity index (χ0) is 13.9. The summed E-state index contributed by atoms with van der Waals surface area (Å²) in [6.45, 7) is 0. The zero-order valence-corrected chi connectivity index (χ0v) is 11.3. The minimum atomic E-state index is -0.483. The largest absolute Gasteiger partial charge is 0.356 e. The Morgan fingerprint density at radius 3 is 2.55 bits per heavy atom. The molecule has 3 rings (SSSR count). The molecule has 0 atom stereocenters. The van der Waals surface area contributed by atoms with E-state index in [2.05, 4.69) is 5.32 Å². The molecule has 0 aliphatic carbocycles. The van der Waals surface area contributed by atoms with Crippen molar-refractivity contribution in [3.63, 3.8) is 0 Å². The molecular weight excluding hydrogens is 272 g/mol. The van der Waals surface area contributed by atoms with Crippen LogP contribution in [0.3, 0.4) is 0 Å². The Hall–Kier alpha value is -2.37. The summed E-state index contributed by atoms with van der Waals surface area (Å²) in [6, 6.07) is 17.5. The summed E-state index contributed by atoms with van der Waals surface area (Å²) in [7, 11) is 0. The van der Waals surface area contributed by atoms with Gasteiger partial charge < -0.3 is 5.32 Å². The molecule has 1 amide bonds. The summed E-state index contributed by atoms with van der Waals surface area (Å²) in [5.41, 5.74) is 3.62. The predicted octanol–water partition coefficient (Wildman–Crippen LogP) is 3.76. The van der Waals surface area contributed by atoms with E-state index in [0.717, 1.165) is 21.5 Å². The Morgan fingerprint density at radius 1 is 1.00 bits per heavy atom. The predicted molar refractivity (Wildman–Crippen MR) is 80.8 cm³/mol. The molecule has 20 heavy (non-hydrogen) atoms. The Balaban J connectivity index is 1.92. The van der Waals surface area contributed by atoms with E-state index in [1.54, 1.807) is 11.5 Å². The van der Waals surface area contributed by atoms with Crippen molar-refractivity contribution in [3.8, 4) is 0 Å². The van der Waals surface area contributed by atoms with Crippen LogP contribution in [0.2, 0.25) is 0 Å². The Kier molecular flexibility index (Phi) is 3.37. The molecule has 0 aliphatic heterocycles. The number of para-hydroxylation sites is 1. The SMILES string of the molecule is O=C(NO)c1cc2cc(Nc3ccccc3)ccc2s1. The molecule has 100 valence electrons. The molecule has 4 nitrogen and oxygen atoms in total. The van der Waals surface area contributed by atoms with Crippen molar-refractivity contribution in [1.82, 2.24) is 5.48 Å². The van der Waals surface area contributed by atoms with E-state index >= 15 is 0 Å². The van der Waals surface area contributed by atoms with E-state index in [0.29, 0.717) is 4.88 Å². The second kappa shape index (κ2) is 5.32. The number of hydrogen-bond acceptors (Lipinski definition) is 4. The van der Waals surface area contributed by atoms with Crippen LogP contribution in [0.5, 0.6) is 0 Å². The second-order valence-electron chi connectivity index (χ2n) is 4.30. The fraction of sp³-hybridized carbons (Fsp3) is 0. The van der Waals surface area contributed by atoms with Crippen molar-refractivity contribution >= 4 is 38.7 Å². The smallest absolute Gasteiger partial charge is 0.284 e. The third-order valence-electron chi connectivity index (χ3n) is 2.90. The number of fused-ring (bicyclic) bond motifs is 1. The summed E-state index contributed by atoms with van der Waals surface area (Å²) in [4.78, 5) is 11.9. The first kappa shape index (κ1) is 12.7. The number of rotatable bonds is 3. The third-order valence-corrected chi connectivity index (χ3v) is 4.02. The molecule has 0 unspecified atom stereocenters. The number of hydrogen-bond donors (Lipinski definition) is 3. The molecule has 1 aromatic heterocycles. The molecule has 0 aliphatic rings. The van der Waals surface area contributed by atoms with Gasteiger partial charge in [-0.05, 0) is 41.8 Å². The van der Waals surface area contributed by atoms with Crippen molar-refractivity contribution in [1.29, 1.82) is 0 Å². The van der Waals surface area contributed by atoms with Gasteiger partial charge in [0.25, 0.3) is 5.91 Å². The molecule has 0 spiro atoms. The van der Waals surface area contributed by atoms with Gasteiger partial charge in [0.1, 0.15) is 0 Å². The summed E-state index contributed by atoms with van der Waals surface area (Å²) in [5.74, 6) is -0.483. The number of benzene rings is 2. The Morgan fingerprint density at radius 2 is 1.80 bits per heavy atom. The molecule has 1 heterocycles. The molecular formula is C15H12N2O2S. The van der Waals surface area contributed by atoms with Crippen LogP contribution in [0.1, 0.15) is 9.67 Å². The van der Waals surface area contributed by atoms with E-state index in [9.17, 15) is 4.79 Å². The van der Waals surface area contributed by atoms with Crippen molar-refractivity contribution in [2.45, 2.75) is 0 Å². The molecule has 0 saturated carbocycles. The van der Waals surface area contributed by atoms with Gasteiger partial charge >= 0.3 is 0 Å². The quantitative estimate of drug-likeness (QED) is 0.507. The van der Waals surface area contributed by atoms with Gasteiger partial charge in [0, 0.05) is 16.1 Å². The van der Waals surface area contributed by atoms with Gasteiger partial charge in [0.15, 0.2) is 0 Å². The lowest BCUT2D eigenvalue weighted by Crippen LogP contribution is -2.16. The van der Waals surface area contributed by atoms with E-state index in [1.165, 1.54) is 11.3 Å². The van der Waals surface area contributed by atoms with Crippen molar-refractivity contribution in [2.75, 3.05) is 5.32 Å². The maximum atomic E-state index is 11.4. The van der Waals surface area contributed by atoms with E-state index in [-0.39, 0.29) is 0 Å². The van der Waals surface area contributed by atoms with Crippen LogP contribution in [-0.2, 0) is 0 Å². The number of carbonyl (C=O) groups is 1. The highest BCUT2D eigenvalue weighted by atomic mass is 32.1. The number of amides is 1. The first-order valence-corrected chi connectivity index (χ1v) is 6.88. The first-order valence-electron chi connectivity index (χ1n) is 6.06. The number of carbonyl (C=O) groups excluding carboxylic acids is 1. The standard InChI is InChI=1S/C15H12N2O2S/c18-15(17-19)14-9-10-8-12(6-7-13(10)20-14)16-11-4-2-1-3-5-11/h1-9,16,19H,(H,17,18). The summed E-state index contributed by atoms with van der Waals surface area (Å²) in [6.07, 6.45) is 0. The van der Waals surface area contributed by atoms with E-state index in [1.807, 2.05) is 48.5 Å². The molecule has 3 N–H and O–H groups in total. The number of hydroxylamine groups is 1. The first-order chi connectivity index (χ1) is 9.76. The van der Waals surface area contributed by atoms with Gasteiger partial charge in [0.2, 0.25) is 0 Å². The van der Waals surface area contributed by atoms with Crippen LogP contribution in [0.25, 0.3) is 10.1 Å². The monoisotopic (exact) mass is 284 g/mol. The van der Waals surface area contributed by atoms with Gasteiger partial charge in [-0.15, -0.1) is 11.3 Å². The highest BCUT2D eigenvalue weighted by Crippen LogP contribution is 2.29. The fourth-order valence-corrected chi connectivity index (χ4v) is 2.91. The third kappa shape index (κ3) is 2.49. The van der Waals surface area contributed by atoms with Gasteiger partial charge in [-0.2, -0.15) is 0 Å². The van der Waals surface area contributed by atoms with Crippen LogP contribution in [0.4, 0.5) is 11.4 Å². The topological polar surface area (TPSA) is 61.4 Å². The molecule has 0 fully saturated rings. The lowest BCUT2D eigenvalue weighted by Gasteiger charge is -2.05. The second-order valence-corrected chi connectivity index (χ2v) is 5.38. The Labute approximate surface area is 119 Å². The summed E-state index contributed by atoms with van der Waals surface area (Å²) >= 11 is 1.35. The van der Waals surface area contributed by atoms with Crippen molar-refractivity contribution in [2.24, 2.45) is 0 Å². The number of anilines is 2. The molecule has 0 bridgehead atoms. The fourth-order valence-electron chi connectivity index (χ4n) is 1.98. The van der Waals surface area contributed by atoms with Crippen molar-refractivity contribution < 1.29 is 10.0 Å². The Bertz CT molecular complexity index is 753. The number of nitrogens with one attached hydrogen (secondary N) is 2. The van der Waals surface area contributed by atoms with Crippen LogP contribution in [0, 0.1) is 0 Å². The van der Waals surface area contributed by atoms with Gasteiger partial charge in [-0.25, -0.2) is 5.48 Å². The van der Waals surface area contributed by atoms with E-state index in [4.69, 9.17) is 5.21 Å². The minimum Gasteiger partial charge on any atom is -0.356 e. The summed E-state index contributed by atoms with van der Waals surface area (Å²) in [5, 5.41) is 12.9. The minimum absolute atomic E-state index is 0.483. The van der Waals surface area contributed by atoms with E-state index < -0.39 is 5.91 Å².